The molecule has 1 aliphatic rings. The molecule has 0 radical (unpaired) electrons. The summed E-state index contributed by atoms with van der Waals surface area (Å²) in [4.78, 5) is 7.11. The molecule has 5 heterocycles. The first kappa shape index (κ1) is 17.9. The Morgan fingerprint density at radius 3 is 2.72 bits per heavy atom. The van der Waals surface area contributed by atoms with Crippen molar-refractivity contribution in [3.63, 3.8) is 0 Å². The van der Waals surface area contributed by atoms with Gasteiger partial charge in [0.25, 0.3) is 0 Å². The number of anilines is 1. The van der Waals surface area contributed by atoms with Gasteiger partial charge in [0.15, 0.2) is 11.6 Å². The Labute approximate surface area is 168 Å². The van der Waals surface area contributed by atoms with Gasteiger partial charge in [0.05, 0.1) is 36.2 Å². The van der Waals surface area contributed by atoms with Crippen LogP contribution in [-0.4, -0.2) is 60.4 Å². The minimum atomic E-state index is 0.247. The normalized spacial score (nSPS) is 17.4. The lowest BCUT2D eigenvalue weighted by Crippen LogP contribution is -2.44. The van der Waals surface area contributed by atoms with Gasteiger partial charge in [0.1, 0.15) is 5.69 Å². The van der Waals surface area contributed by atoms with E-state index in [-0.39, 0.29) is 6.04 Å². The molecule has 9 heteroatoms. The molecule has 0 aromatic carbocycles. The van der Waals surface area contributed by atoms with Gasteiger partial charge in [-0.05, 0) is 32.9 Å². The molecule has 0 amide bonds. The fourth-order valence-electron chi connectivity index (χ4n) is 4.09. The van der Waals surface area contributed by atoms with E-state index in [1.54, 1.807) is 6.20 Å². The predicted molar refractivity (Wildman–Crippen MR) is 110 cm³/mol. The van der Waals surface area contributed by atoms with Crippen molar-refractivity contribution in [1.82, 2.24) is 34.6 Å². The SMILES string of the molecule is Cc1nn(C)cc1-c1cc(N2CCOCC2C)nn2c(-c3ccn[nH]3)nc(C)c12. The van der Waals surface area contributed by atoms with Crippen LogP contribution < -0.4 is 4.90 Å². The highest BCUT2D eigenvalue weighted by Gasteiger charge is 2.25. The topological polar surface area (TPSA) is 89.2 Å². The molecule has 150 valence electrons. The summed E-state index contributed by atoms with van der Waals surface area (Å²) in [5.41, 5.74) is 5.88. The smallest absolute Gasteiger partial charge is 0.179 e. The molecule has 1 unspecified atom stereocenters. The van der Waals surface area contributed by atoms with Crippen molar-refractivity contribution in [3.8, 4) is 22.6 Å². The molecule has 29 heavy (non-hydrogen) atoms. The first-order chi connectivity index (χ1) is 14.0. The van der Waals surface area contributed by atoms with E-state index < -0.39 is 0 Å². The largest absolute Gasteiger partial charge is 0.377 e. The maximum Gasteiger partial charge on any atom is 0.179 e. The van der Waals surface area contributed by atoms with Crippen molar-refractivity contribution < 1.29 is 4.74 Å². The lowest BCUT2D eigenvalue weighted by atomic mass is 10.1. The van der Waals surface area contributed by atoms with Crippen LogP contribution in [0.15, 0.2) is 24.5 Å². The van der Waals surface area contributed by atoms with Crippen LogP contribution in [0.2, 0.25) is 0 Å². The second-order valence-electron chi connectivity index (χ2n) is 7.59. The highest BCUT2D eigenvalue weighted by atomic mass is 16.5. The molecule has 4 aromatic heterocycles. The lowest BCUT2D eigenvalue weighted by Gasteiger charge is -2.34. The number of aryl methyl sites for hydroxylation is 3. The molecule has 1 saturated heterocycles. The zero-order valence-electron chi connectivity index (χ0n) is 17.0. The summed E-state index contributed by atoms with van der Waals surface area (Å²) in [5.74, 6) is 1.66. The van der Waals surface area contributed by atoms with E-state index in [0.29, 0.717) is 13.2 Å². The maximum absolute atomic E-state index is 5.63. The van der Waals surface area contributed by atoms with Crippen LogP contribution in [0, 0.1) is 13.8 Å². The molecule has 1 aliphatic heterocycles. The van der Waals surface area contributed by atoms with E-state index >= 15 is 0 Å². The summed E-state index contributed by atoms with van der Waals surface area (Å²) in [7, 11) is 1.94. The van der Waals surface area contributed by atoms with Gasteiger partial charge in [-0.3, -0.25) is 9.78 Å². The molecule has 0 spiro atoms. The van der Waals surface area contributed by atoms with E-state index in [4.69, 9.17) is 14.8 Å². The number of aromatic amines is 1. The van der Waals surface area contributed by atoms with Crippen LogP contribution in [0.4, 0.5) is 5.82 Å². The molecule has 0 bridgehead atoms. The van der Waals surface area contributed by atoms with Crippen LogP contribution in [0.25, 0.3) is 28.2 Å². The molecule has 0 saturated carbocycles. The number of ether oxygens (including phenoxy) is 1. The van der Waals surface area contributed by atoms with E-state index in [1.165, 1.54) is 0 Å². The Morgan fingerprint density at radius 1 is 1.17 bits per heavy atom. The second-order valence-corrected chi connectivity index (χ2v) is 7.59. The molecular formula is C20H24N8O. The van der Waals surface area contributed by atoms with Crippen molar-refractivity contribution in [1.29, 1.82) is 0 Å². The van der Waals surface area contributed by atoms with E-state index in [2.05, 4.69) is 39.4 Å². The summed E-state index contributed by atoms with van der Waals surface area (Å²) in [6.07, 6.45) is 3.78. The van der Waals surface area contributed by atoms with Gasteiger partial charge in [-0.1, -0.05) is 0 Å². The Balaban J connectivity index is 1.81. The third kappa shape index (κ3) is 2.89. The molecule has 1 fully saturated rings. The summed E-state index contributed by atoms with van der Waals surface area (Å²) in [5, 5.41) is 16.7. The number of nitrogens with zero attached hydrogens (tertiary/aromatic N) is 7. The maximum atomic E-state index is 5.63. The minimum Gasteiger partial charge on any atom is -0.377 e. The number of rotatable bonds is 3. The number of imidazole rings is 1. The van der Waals surface area contributed by atoms with Crippen LogP contribution in [0.3, 0.4) is 0 Å². The Kier molecular flexibility index (Phi) is 4.13. The number of morpholine rings is 1. The van der Waals surface area contributed by atoms with Crippen molar-refractivity contribution in [2.75, 3.05) is 24.7 Å². The Morgan fingerprint density at radius 2 is 2.03 bits per heavy atom. The van der Waals surface area contributed by atoms with E-state index in [0.717, 1.165) is 51.9 Å². The molecule has 4 aromatic rings. The van der Waals surface area contributed by atoms with Gasteiger partial charge in [-0.25, -0.2) is 9.50 Å². The number of aromatic nitrogens is 7. The van der Waals surface area contributed by atoms with Gasteiger partial charge in [0, 0.05) is 37.1 Å². The second kappa shape index (κ2) is 6.70. The third-order valence-electron chi connectivity index (χ3n) is 5.47. The van der Waals surface area contributed by atoms with Crippen LogP contribution in [0.1, 0.15) is 18.3 Å². The van der Waals surface area contributed by atoms with Crippen LogP contribution in [-0.2, 0) is 11.8 Å². The van der Waals surface area contributed by atoms with E-state index in [1.807, 2.05) is 36.2 Å². The molecular weight excluding hydrogens is 368 g/mol. The molecule has 0 aliphatic carbocycles. The average molecular weight is 392 g/mol. The van der Waals surface area contributed by atoms with Gasteiger partial charge in [-0.15, -0.1) is 5.10 Å². The molecule has 9 nitrogen and oxygen atoms in total. The Hall–Kier alpha value is -3.20. The van der Waals surface area contributed by atoms with E-state index in [9.17, 15) is 0 Å². The summed E-state index contributed by atoms with van der Waals surface area (Å²) in [6, 6.07) is 4.32. The summed E-state index contributed by atoms with van der Waals surface area (Å²) < 4.78 is 9.41. The first-order valence-electron chi connectivity index (χ1n) is 9.78. The number of nitrogens with one attached hydrogen (secondary N) is 1. The molecule has 5 rings (SSSR count). The number of hydrogen-bond acceptors (Lipinski definition) is 6. The highest BCUT2D eigenvalue weighted by Crippen LogP contribution is 2.34. The Bertz CT molecular complexity index is 1170. The van der Waals surface area contributed by atoms with Crippen molar-refractivity contribution in [2.24, 2.45) is 7.05 Å². The van der Waals surface area contributed by atoms with Crippen LogP contribution >= 0.6 is 0 Å². The monoisotopic (exact) mass is 392 g/mol. The van der Waals surface area contributed by atoms with Gasteiger partial charge in [0.2, 0.25) is 0 Å². The fourth-order valence-corrected chi connectivity index (χ4v) is 4.09. The predicted octanol–water partition coefficient (Wildman–Crippen LogP) is 2.36. The summed E-state index contributed by atoms with van der Waals surface area (Å²) in [6.45, 7) is 8.40. The summed E-state index contributed by atoms with van der Waals surface area (Å²) >= 11 is 0. The third-order valence-corrected chi connectivity index (χ3v) is 5.47. The zero-order valence-corrected chi connectivity index (χ0v) is 17.0. The number of hydrogen-bond donors (Lipinski definition) is 1. The van der Waals surface area contributed by atoms with Crippen molar-refractivity contribution in [3.05, 3.63) is 35.9 Å². The first-order valence-corrected chi connectivity index (χ1v) is 9.78. The number of fused-ring (bicyclic) bond motifs is 1. The quantitative estimate of drug-likeness (QED) is 0.576. The highest BCUT2D eigenvalue weighted by molar-refractivity contribution is 5.86. The average Bonchev–Trinajstić information content (AvgIpc) is 3.41. The van der Waals surface area contributed by atoms with Crippen molar-refractivity contribution in [2.45, 2.75) is 26.8 Å². The molecule has 1 atom stereocenters. The van der Waals surface area contributed by atoms with Gasteiger partial charge >= 0.3 is 0 Å². The van der Waals surface area contributed by atoms with Gasteiger partial charge < -0.3 is 9.64 Å². The fraction of sp³-hybridized carbons (Fsp3) is 0.400. The van der Waals surface area contributed by atoms with Gasteiger partial charge in [-0.2, -0.15) is 10.2 Å². The minimum absolute atomic E-state index is 0.247. The lowest BCUT2D eigenvalue weighted by molar-refractivity contribution is 0.0984. The van der Waals surface area contributed by atoms with Crippen LogP contribution in [0.5, 0.6) is 0 Å². The standard InChI is InChI=1S/C20H24N8O/c1-12-11-29-8-7-27(12)18-9-15(16-10-26(4)24-13(16)2)19-14(3)22-20(28(19)25-18)17-5-6-21-23-17/h5-6,9-10,12H,7-8,11H2,1-4H3,(H,21,23). The number of H-pyrrole nitrogens is 1. The zero-order chi connectivity index (χ0) is 20.1. The van der Waals surface area contributed by atoms with Crippen molar-refractivity contribution >= 4 is 11.3 Å². The molecule has 1 N–H and O–H groups in total.